The SMILES string of the molecule is O=C(O)N1CCC2(CC1)Oc1ncccc1-n1cccc12. The number of carbonyl (C=O) groups is 1. The molecule has 1 saturated heterocycles. The van der Waals surface area contributed by atoms with Crippen molar-refractivity contribution in [2.24, 2.45) is 0 Å². The lowest BCUT2D eigenvalue weighted by molar-refractivity contribution is -0.0125. The number of hydrogen-bond donors (Lipinski definition) is 1. The first-order chi connectivity index (χ1) is 10.2. The van der Waals surface area contributed by atoms with Crippen LogP contribution in [0.2, 0.25) is 0 Å². The molecule has 108 valence electrons. The molecule has 1 N–H and O–H groups in total. The van der Waals surface area contributed by atoms with Gasteiger partial charge in [-0.2, -0.15) is 0 Å². The van der Waals surface area contributed by atoms with Crippen LogP contribution in [-0.4, -0.2) is 38.7 Å². The zero-order chi connectivity index (χ0) is 14.4. The molecule has 0 atom stereocenters. The quantitative estimate of drug-likeness (QED) is 0.806. The van der Waals surface area contributed by atoms with Crippen LogP contribution >= 0.6 is 0 Å². The Bertz CT molecular complexity index is 702. The molecule has 21 heavy (non-hydrogen) atoms. The van der Waals surface area contributed by atoms with Crippen LogP contribution in [0.1, 0.15) is 18.5 Å². The first kappa shape index (κ1) is 12.3. The Balaban J connectivity index is 1.75. The summed E-state index contributed by atoms with van der Waals surface area (Å²) in [6.07, 6.45) is 4.13. The molecule has 1 amide bonds. The lowest BCUT2D eigenvalue weighted by Gasteiger charge is -2.43. The maximum atomic E-state index is 11.1. The first-order valence-electron chi connectivity index (χ1n) is 7.00. The van der Waals surface area contributed by atoms with Crippen molar-refractivity contribution in [2.45, 2.75) is 18.4 Å². The molecule has 6 nitrogen and oxygen atoms in total. The van der Waals surface area contributed by atoms with Gasteiger partial charge >= 0.3 is 6.09 Å². The van der Waals surface area contributed by atoms with Crippen molar-refractivity contribution in [3.05, 3.63) is 42.4 Å². The second-order valence-electron chi connectivity index (χ2n) is 5.46. The zero-order valence-corrected chi connectivity index (χ0v) is 11.4. The van der Waals surface area contributed by atoms with Crippen molar-refractivity contribution in [3.63, 3.8) is 0 Å². The van der Waals surface area contributed by atoms with Crippen LogP contribution in [0, 0.1) is 0 Å². The Labute approximate surface area is 121 Å². The number of nitrogens with zero attached hydrogens (tertiary/aromatic N) is 3. The summed E-state index contributed by atoms with van der Waals surface area (Å²) < 4.78 is 8.32. The topological polar surface area (TPSA) is 67.6 Å². The van der Waals surface area contributed by atoms with Crippen LogP contribution in [0.5, 0.6) is 5.88 Å². The molecule has 0 bridgehead atoms. The summed E-state index contributed by atoms with van der Waals surface area (Å²) in [7, 11) is 0. The molecule has 0 unspecified atom stereocenters. The lowest BCUT2D eigenvalue weighted by atomic mass is 9.87. The number of rotatable bonds is 0. The van der Waals surface area contributed by atoms with Crippen LogP contribution in [0.4, 0.5) is 4.79 Å². The number of hydrogen-bond acceptors (Lipinski definition) is 3. The molecular formula is C15H15N3O3. The summed E-state index contributed by atoms with van der Waals surface area (Å²) in [5.74, 6) is 0.616. The fourth-order valence-corrected chi connectivity index (χ4v) is 3.26. The van der Waals surface area contributed by atoms with Gasteiger partial charge in [-0.25, -0.2) is 9.78 Å². The number of aromatic nitrogens is 2. The van der Waals surface area contributed by atoms with Gasteiger partial charge in [0.05, 0.1) is 5.69 Å². The van der Waals surface area contributed by atoms with Gasteiger partial charge in [-0.05, 0) is 24.3 Å². The average molecular weight is 285 g/mol. The lowest BCUT2D eigenvalue weighted by Crippen LogP contribution is -2.49. The fourth-order valence-electron chi connectivity index (χ4n) is 3.26. The van der Waals surface area contributed by atoms with Gasteiger partial charge in [-0.1, -0.05) is 0 Å². The second-order valence-corrected chi connectivity index (χ2v) is 5.46. The van der Waals surface area contributed by atoms with E-state index in [1.165, 1.54) is 4.90 Å². The molecule has 4 heterocycles. The number of amides is 1. The number of fused-ring (bicyclic) bond motifs is 4. The molecular weight excluding hydrogens is 270 g/mol. The smallest absolute Gasteiger partial charge is 0.407 e. The molecule has 6 heteroatoms. The molecule has 2 aliphatic heterocycles. The van der Waals surface area contributed by atoms with E-state index in [4.69, 9.17) is 9.84 Å². The van der Waals surface area contributed by atoms with E-state index in [9.17, 15) is 4.79 Å². The van der Waals surface area contributed by atoms with Gasteiger partial charge in [0.2, 0.25) is 5.88 Å². The third-order valence-electron chi connectivity index (χ3n) is 4.36. The minimum Gasteiger partial charge on any atom is -0.465 e. The summed E-state index contributed by atoms with van der Waals surface area (Å²) in [5, 5.41) is 9.11. The highest BCUT2D eigenvalue weighted by atomic mass is 16.5. The zero-order valence-electron chi connectivity index (χ0n) is 11.4. The van der Waals surface area contributed by atoms with Crippen LogP contribution in [-0.2, 0) is 5.60 Å². The maximum absolute atomic E-state index is 11.1. The summed E-state index contributed by atoms with van der Waals surface area (Å²) >= 11 is 0. The monoisotopic (exact) mass is 285 g/mol. The Morgan fingerprint density at radius 1 is 1.29 bits per heavy atom. The van der Waals surface area contributed by atoms with Gasteiger partial charge in [0.25, 0.3) is 0 Å². The van der Waals surface area contributed by atoms with E-state index in [-0.39, 0.29) is 0 Å². The number of pyridine rings is 1. The van der Waals surface area contributed by atoms with Crippen LogP contribution in [0.15, 0.2) is 36.7 Å². The van der Waals surface area contributed by atoms with E-state index in [1.54, 1.807) is 6.20 Å². The predicted molar refractivity (Wildman–Crippen MR) is 74.7 cm³/mol. The van der Waals surface area contributed by atoms with E-state index in [1.807, 2.05) is 30.5 Å². The van der Waals surface area contributed by atoms with Gasteiger partial charge in [0.1, 0.15) is 5.69 Å². The number of carboxylic acid groups (broad SMARTS) is 1. The van der Waals surface area contributed by atoms with Gasteiger partial charge in [-0.15, -0.1) is 0 Å². The molecule has 2 aromatic heterocycles. The Morgan fingerprint density at radius 2 is 2.10 bits per heavy atom. The maximum Gasteiger partial charge on any atom is 0.407 e. The standard InChI is InChI=1S/C15H15N3O3/c19-14(20)17-9-5-15(6-10-17)12-4-2-8-18(12)11-3-1-7-16-13(11)21-15/h1-4,7-8H,5-6,9-10H2,(H,19,20). The van der Waals surface area contributed by atoms with Crippen LogP contribution < -0.4 is 4.74 Å². The van der Waals surface area contributed by atoms with E-state index in [0.29, 0.717) is 31.8 Å². The molecule has 1 fully saturated rings. The molecule has 0 saturated carbocycles. The van der Waals surface area contributed by atoms with Crippen molar-refractivity contribution in [2.75, 3.05) is 13.1 Å². The van der Waals surface area contributed by atoms with Crippen molar-refractivity contribution in [1.29, 1.82) is 0 Å². The molecule has 0 radical (unpaired) electrons. The third-order valence-corrected chi connectivity index (χ3v) is 4.36. The Kier molecular flexibility index (Phi) is 2.48. The van der Waals surface area contributed by atoms with Gasteiger partial charge < -0.3 is 19.3 Å². The van der Waals surface area contributed by atoms with Crippen LogP contribution in [0.3, 0.4) is 0 Å². The van der Waals surface area contributed by atoms with E-state index < -0.39 is 11.7 Å². The number of likely N-dealkylation sites (tertiary alicyclic amines) is 1. The first-order valence-corrected chi connectivity index (χ1v) is 7.00. The summed E-state index contributed by atoms with van der Waals surface area (Å²) in [5.41, 5.74) is 1.54. The average Bonchev–Trinajstić information content (AvgIpc) is 2.99. The van der Waals surface area contributed by atoms with Crippen molar-refractivity contribution in [3.8, 4) is 11.6 Å². The minimum absolute atomic E-state index is 0.475. The highest BCUT2D eigenvalue weighted by Gasteiger charge is 2.44. The van der Waals surface area contributed by atoms with Crippen molar-refractivity contribution < 1.29 is 14.6 Å². The molecule has 2 aliphatic rings. The highest BCUT2D eigenvalue weighted by molar-refractivity contribution is 5.65. The molecule has 1 spiro atoms. The van der Waals surface area contributed by atoms with Crippen molar-refractivity contribution in [1.82, 2.24) is 14.5 Å². The van der Waals surface area contributed by atoms with Gasteiger partial charge in [0, 0.05) is 38.3 Å². The largest absolute Gasteiger partial charge is 0.465 e. The normalized spacial score (nSPS) is 18.8. The van der Waals surface area contributed by atoms with E-state index in [2.05, 4.69) is 9.55 Å². The molecule has 4 rings (SSSR count). The Hall–Kier alpha value is -2.50. The fraction of sp³-hybridized carbons (Fsp3) is 0.333. The predicted octanol–water partition coefficient (Wildman–Crippen LogP) is 2.23. The summed E-state index contributed by atoms with van der Waals surface area (Å²) in [6, 6.07) is 7.90. The van der Waals surface area contributed by atoms with E-state index in [0.717, 1.165) is 11.4 Å². The number of ether oxygens (including phenoxy) is 1. The molecule has 0 aromatic carbocycles. The summed E-state index contributed by atoms with van der Waals surface area (Å²) in [6.45, 7) is 0.950. The Morgan fingerprint density at radius 3 is 2.86 bits per heavy atom. The minimum atomic E-state index is -0.866. The van der Waals surface area contributed by atoms with Gasteiger partial charge in [-0.3, -0.25) is 0 Å². The third kappa shape index (κ3) is 1.72. The molecule has 0 aliphatic carbocycles. The van der Waals surface area contributed by atoms with Gasteiger partial charge in [0.15, 0.2) is 5.60 Å². The molecule has 2 aromatic rings. The van der Waals surface area contributed by atoms with E-state index >= 15 is 0 Å². The second kappa shape index (κ2) is 4.25. The number of piperidine rings is 1. The van der Waals surface area contributed by atoms with Crippen LogP contribution in [0.25, 0.3) is 5.69 Å². The van der Waals surface area contributed by atoms with Crippen molar-refractivity contribution >= 4 is 6.09 Å². The highest BCUT2D eigenvalue weighted by Crippen LogP contribution is 2.43. The summed E-state index contributed by atoms with van der Waals surface area (Å²) in [4.78, 5) is 16.9.